The molecule has 162 valence electrons. The van der Waals surface area contributed by atoms with Gasteiger partial charge in [-0.3, -0.25) is 0 Å². The Morgan fingerprint density at radius 2 is 2.00 bits per heavy atom. The van der Waals surface area contributed by atoms with Gasteiger partial charge in [-0.2, -0.15) is 10.1 Å². The molecular weight excluding hydrogens is 384 g/mol. The molecule has 30 heavy (non-hydrogen) atoms. The average Bonchev–Trinajstić information content (AvgIpc) is 3.14. The van der Waals surface area contributed by atoms with Crippen LogP contribution in [0.3, 0.4) is 0 Å². The van der Waals surface area contributed by atoms with Gasteiger partial charge in [-0.1, -0.05) is 19.9 Å². The third kappa shape index (κ3) is 4.58. The Hall–Kier alpha value is -3.03. The number of ether oxygens (including phenoxy) is 3. The van der Waals surface area contributed by atoms with E-state index in [4.69, 9.17) is 14.2 Å². The monoisotopic (exact) mass is 414 g/mol. The number of esters is 1. The van der Waals surface area contributed by atoms with E-state index in [1.807, 2.05) is 39.0 Å². The fourth-order valence-electron chi connectivity index (χ4n) is 3.32. The van der Waals surface area contributed by atoms with E-state index in [1.165, 1.54) is 6.33 Å². The maximum atomic E-state index is 12.9. The third-order valence-corrected chi connectivity index (χ3v) is 4.81. The molecule has 1 unspecified atom stereocenters. The van der Waals surface area contributed by atoms with Crippen molar-refractivity contribution in [1.82, 2.24) is 14.8 Å². The van der Waals surface area contributed by atoms with Crippen LogP contribution in [0.15, 0.2) is 35.8 Å². The maximum absolute atomic E-state index is 12.9. The molecule has 0 aliphatic carbocycles. The van der Waals surface area contributed by atoms with E-state index in [9.17, 15) is 4.79 Å². The van der Waals surface area contributed by atoms with Gasteiger partial charge >= 0.3 is 5.97 Å². The number of rotatable bonds is 8. The lowest BCUT2D eigenvalue weighted by Gasteiger charge is -2.29. The summed E-state index contributed by atoms with van der Waals surface area (Å²) in [6, 6.07) is 5.18. The number of hydrogen-bond donors (Lipinski definition) is 1. The van der Waals surface area contributed by atoms with Gasteiger partial charge in [-0.15, -0.1) is 0 Å². The number of aromatic nitrogens is 3. The van der Waals surface area contributed by atoms with Gasteiger partial charge in [0.2, 0.25) is 5.95 Å². The standard InChI is InChI=1S/C22H30N4O4/c1-13(2)9-10-29-17-8-7-16(11-18(17)28-6)20-19(21(27)30-14(3)4)15(5)25-22-23-12-24-26(20)22/h7-8,11-14,20H,9-10H2,1-6H3,(H,23,24,25). The highest BCUT2D eigenvalue weighted by Gasteiger charge is 2.35. The molecule has 0 radical (unpaired) electrons. The number of carbonyl (C=O) groups excluding carboxylic acids is 1. The van der Waals surface area contributed by atoms with Crippen LogP contribution in [0.5, 0.6) is 11.5 Å². The number of allylic oxidation sites excluding steroid dienone is 1. The van der Waals surface area contributed by atoms with E-state index in [0.29, 0.717) is 41.2 Å². The van der Waals surface area contributed by atoms with Crippen LogP contribution in [0.25, 0.3) is 0 Å². The lowest BCUT2D eigenvalue weighted by Crippen LogP contribution is -2.30. The number of anilines is 1. The normalized spacial score (nSPS) is 15.8. The summed E-state index contributed by atoms with van der Waals surface area (Å²) in [5, 5.41) is 7.47. The predicted molar refractivity (Wildman–Crippen MR) is 114 cm³/mol. The van der Waals surface area contributed by atoms with Gasteiger partial charge in [0.15, 0.2) is 11.5 Å². The van der Waals surface area contributed by atoms with Gasteiger partial charge in [0.25, 0.3) is 0 Å². The van der Waals surface area contributed by atoms with Crippen molar-refractivity contribution in [3.8, 4) is 11.5 Å². The number of methoxy groups -OCH3 is 1. The molecule has 0 amide bonds. The Kier molecular flexibility index (Phi) is 6.64. The molecule has 1 atom stereocenters. The van der Waals surface area contributed by atoms with Crippen LogP contribution < -0.4 is 14.8 Å². The molecule has 1 aliphatic heterocycles. The van der Waals surface area contributed by atoms with Crippen LogP contribution in [0, 0.1) is 5.92 Å². The molecule has 3 rings (SSSR count). The summed E-state index contributed by atoms with van der Waals surface area (Å²) in [6.45, 7) is 10.4. The second kappa shape index (κ2) is 9.19. The first-order chi connectivity index (χ1) is 14.3. The van der Waals surface area contributed by atoms with Crippen LogP contribution in [0.1, 0.15) is 52.6 Å². The summed E-state index contributed by atoms with van der Waals surface area (Å²) in [6.07, 6.45) is 2.18. The van der Waals surface area contributed by atoms with Crippen molar-refractivity contribution in [1.29, 1.82) is 0 Å². The molecule has 8 nitrogen and oxygen atoms in total. The molecule has 0 bridgehead atoms. The Balaban J connectivity index is 1.99. The van der Waals surface area contributed by atoms with Crippen molar-refractivity contribution in [2.24, 2.45) is 5.92 Å². The summed E-state index contributed by atoms with van der Waals surface area (Å²) < 4.78 is 18.7. The largest absolute Gasteiger partial charge is 0.493 e. The van der Waals surface area contributed by atoms with Crippen LogP contribution in [-0.4, -0.2) is 40.6 Å². The average molecular weight is 415 g/mol. The quantitative estimate of drug-likeness (QED) is 0.654. The molecule has 2 heterocycles. The lowest BCUT2D eigenvalue weighted by atomic mass is 9.95. The zero-order chi connectivity index (χ0) is 21.8. The molecule has 1 N–H and O–H groups in total. The van der Waals surface area contributed by atoms with Gasteiger partial charge in [0, 0.05) is 5.70 Å². The highest BCUT2D eigenvalue weighted by molar-refractivity contribution is 5.92. The number of nitrogens with one attached hydrogen (secondary N) is 1. The molecule has 1 aromatic heterocycles. The zero-order valence-corrected chi connectivity index (χ0v) is 18.4. The van der Waals surface area contributed by atoms with Gasteiger partial charge < -0.3 is 19.5 Å². The highest BCUT2D eigenvalue weighted by Crippen LogP contribution is 2.39. The summed E-state index contributed by atoms with van der Waals surface area (Å²) >= 11 is 0. The van der Waals surface area contributed by atoms with Crippen LogP contribution in [0.2, 0.25) is 0 Å². The fourth-order valence-corrected chi connectivity index (χ4v) is 3.32. The molecule has 0 saturated heterocycles. The molecule has 0 spiro atoms. The molecule has 8 heteroatoms. The van der Waals surface area contributed by atoms with E-state index in [1.54, 1.807) is 11.8 Å². The Morgan fingerprint density at radius 1 is 1.23 bits per heavy atom. The van der Waals surface area contributed by atoms with Crippen LogP contribution >= 0.6 is 0 Å². The first kappa shape index (κ1) is 21.7. The van der Waals surface area contributed by atoms with E-state index < -0.39 is 12.0 Å². The molecule has 1 aromatic carbocycles. The topological polar surface area (TPSA) is 87.5 Å². The van der Waals surface area contributed by atoms with Gasteiger partial charge in [0.05, 0.1) is 25.4 Å². The molecule has 0 fully saturated rings. The highest BCUT2D eigenvalue weighted by atomic mass is 16.5. The maximum Gasteiger partial charge on any atom is 0.338 e. The number of fused-ring (bicyclic) bond motifs is 1. The SMILES string of the molecule is COc1cc(C2C(C(=O)OC(C)C)=C(C)Nc3ncnn32)ccc1OCCC(C)C. The molecular formula is C22H30N4O4. The molecule has 1 aliphatic rings. The van der Waals surface area contributed by atoms with E-state index in [0.717, 1.165) is 12.0 Å². The number of hydrogen-bond acceptors (Lipinski definition) is 7. The van der Waals surface area contributed by atoms with Crippen molar-refractivity contribution in [3.05, 3.63) is 41.4 Å². The van der Waals surface area contributed by atoms with Crippen molar-refractivity contribution < 1.29 is 19.0 Å². The molecule has 0 saturated carbocycles. The minimum atomic E-state index is -0.492. The summed E-state index contributed by atoms with van der Waals surface area (Å²) in [5.74, 6) is 2.00. The third-order valence-electron chi connectivity index (χ3n) is 4.81. The van der Waals surface area contributed by atoms with Crippen LogP contribution in [0.4, 0.5) is 5.95 Å². The van der Waals surface area contributed by atoms with E-state index >= 15 is 0 Å². The van der Waals surface area contributed by atoms with Crippen molar-refractivity contribution in [3.63, 3.8) is 0 Å². The van der Waals surface area contributed by atoms with Crippen molar-refractivity contribution >= 4 is 11.9 Å². The van der Waals surface area contributed by atoms with Crippen molar-refractivity contribution in [2.75, 3.05) is 19.0 Å². The Morgan fingerprint density at radius 3 is 2.67 bits per heavy atom. The molecule has 2 aromatic rings. The second-order valence-corrected chi connectivity index (χ2v) is 7.99. The lowest BCUT2D eigenvalue weighted by molar-refractivity contribution is -0.143. The van der Waals surface area contributed by atoms with Crippen LogP contribution in [-0.2, 0) is 9.53 Å². The number of benzene rings is 1. The second-order valence-electron chi connectivity index (χ2n) is 7.99. The van der Waals surface area contributed by atoms with Gasteiger partial charge in [-0.05, 0) is 50.8 Å². The summed E-state index contributed by atoms with van der Waals surface area (Å²) in [4.78, 5) is 17.2. The van der Waals surface area contributed by atoms with Gasteiger partial charge in [0.1, 0.15) is 12.4 Å². The van der Waals surface area contributed by atoms with Gasteiger partial charge in [-0.25, -0.2) is 9.48 Å². The Labute approximate surface area is 177 Å². The minimum absolute atomic E-state index is 0.234. The predicted octanol–water partition coefficient (Wildman–Crippen LogP) is 3.95. The van der Waals surface area contributed by atoms with E-state index in [2.05, 4.69) is 29.2 Å². The number of nitrogens with zero attached hydrogens (tertiary/aromatic N) is 3. The Bertz CT molecular complexity index is 933. The van der Waals surface area contributed by atoms with Crippen molar-refractivity contribution in [2.45, 2.75) is 53.2 Å². The van der Waals surface area contributed by atoms with E-state index in [-0.39, 0.29) is 6.10 Å². The first-order valence-electron chi connectivity index (χ1n) is 10.2. The first-order valence-corrected chi connectivity index (χ1v) is 10.2. The minimum Gasteiger partial charge on any atom is -0.493 e. The zero-order valence-electron chi connectivity index (χ0n) is 18.4. The summed E-state index contributed by atoms with van der Waals surface area (Å²) in [7, 11) is 1.60. The smallest absolute Gasteiger partial charge is 0.338 e. The fraction of sp³-hybridized carbons (Fsp3) is 0.500. The summed E-state index contributed by atoms with van der Waals surface area (Å²) in [5.41, 5.74) is 1.99. The number of carbonyl (C=O) groups is 1.